The molecule has 3 nitrogen and oxygen atoms in total. The first-order valence-corrected chi connectivity index (χ1v) is 4.95. The SMILES string of the molecule is CN(C)C(=N)N(C)C.FC(F)(F)C(F)(F)I. The van der Waals surface area contributed by atoms with Crippen molar-refractivity contribution in [1.82, 2.24) is 9.80 Å². The first-order chi connectivity index (χ1) is 6.80. The van der Waals surface area contributed by atoms with Gasteiger partial charge in [0.1, 0.15) is 0 Å². The van der Waals surface area contributed by atoms with Crippen molar-refractivity contribution in [3.05, 3.63) is 0 Å². The second-order valence-electron chi connectivity index (χ2n) is 3.11. The lowest BCUT2D eigenvalue weighted by atomic mass is 10.7. The van der Waals surface area contributed by atoms with Gasteiger partial charge in [0, 0.05) is 50.8 Å². The lowest BCUT2D eigenvalue weighted by molar-refractivity contribution is -0.228. The van der Waals surface area contributed by atoms with Crippen LogP contribution in [-0.2, 0) is 0 Å². The highest BCUT2D eigenvalue weighted by Crippen LogP contribution is 2.40. The Labute approximate surface area is 104 Å². The predicted molar refractivity (Wildman–Crippen MR) is 60.1 cm³/mol. The van der Waals surface area contributed by atoms with Crippen molar-refractivity contribution in [1.29, 1.82) is 5.41 Å². The molecule has 0 amide bonds. The quantitative estimate of drug-likeness (QED) is 0.236. The maximum atomic E-state index is 11.1. The van der Waals surface area contributed by atoms with Crippen LogP contribution in [0.2, 0.25) is 0 Å². The molecule has 0 spiro atoms. The molecule has 98 valence electrons. The number of hydrogen-bond donors (Lipinski definition) is 1. The van der Waals surface area contributed by atoms with E-state index in [1.165, 1.54) is 0 Å². The van der Waals surface area contributed by atoms with E-state index in [1.54, 1.807) is 9.80 Å². The second-order valence-corrected chi connectivity index (χ2v) is 4.46. The summed E-state index contributed by atoms with van der Waals surface area (Å²) in [5.74, 6) is 0.519. The molecule has 0 heterocycles. The van der Waals surface area contributed by atoms with Gasteiger partial charge in [-0.05, 0) is 0 Å². The van der Waals surface area contributed by atoms with Crippen molar-refractivity contribution in [2.45, 2.75) is 10.1 Å². The van der Waals surface area contributed by atoms with Crippen molar-refractivity contribution in [2.24, 2.45) is 0 Å². The summed E-state index contributed by atoms with van der Waals surface area (Å²) < 4.78 is 50.0. The van der Waals surface area contributed by atoms with Crippen LogP contribution in [0.25, 0.3) is 0 Å². The lowest BCUT2D eigenvalue weighted by Gasteiger charge is -2.19. The topological polar surface area (TPSA) is 30.3 Å². The molecule has 0 aromatic heterocycles. The minimum absolute atomic E-state index is 0.0250. The van der Waals surface area contributed by atoms with Gasteiger partial charge in [0.2, 0.25) is 0 Å². The molecular weight excluding hydrogens is 348 g/mol. The summed E-state index contributed by atoms with van der Waals surface area (Å²) >= 11 is 0.0250. The number of guanidine groups is 1. The number of alkyl halides is 6. The molecule has 0 unspecified atom stereocenters. The van der Waals surface area contributed by atoms with Gasteiger partial charge in [0.15, 0.2) is 5.96 Å². The summed E-state index contributed by atoms with van der Waals surface area (Å²) in [5, 5.41) is 7.25. The molecular formula is C7H13F5IN3. The molecule has 0 saturated heterocycles. The van der Waals surface area contributed by atoms with E-state index in [0.29, 0.717) is 5.96 Å². The first-order valence-electron chi connectivity index (χ1n) is 3.87. The van der Waals surface area contributed by atoms with Crippen LogP contribution in [-0.4, -0.2) is 54.1 Å². The third-order valence-corrected chi connectivity index (χ3v) is 1.78. The van der Waals surface area contributed by atoms with E-state index < -0.39 is 10.1 Å². The zero-order valence-corrected chi connectivity index (χ0v) is 11.3. The number of hydrogen-bond acceptors (Lipinski definition) is 1. The Morgan fingerprint density at radius 3 is 1.12 bits per heavy atom. The average Bonchev–Trinajstić information content (AvgIpc) is 1.99. The Balaban J connectivity index is 0. The fourth-order valence-corrected chi connectivity index (χ4v) is 0.400. The summed E-state index contributed by atoms with van der Waals surface area (Å²) in [5.41, 5.74) is 0. The highest BCUT2D eigenvalue weighted by molar-refractivity contribution is 14.1. The molecule has 0 saturated carbocycles. The molecule has 16 heavy (non-hydrogen) atoms. The molecule has 0 aliphatic rings. The number of nitrogens with zero attached hydrogens (tertiary/aromatic N) is 2. The van der Waals surface area contributed by atoms with Gasteiger partial charge in [-0.25, -0.2) is 0 Å². The average molecular weight is 361 g/mol. The van der Waals surface area contributed by atoms with Gasteiger partial charge >= 0.3 is 10.1 Å². The largest absolute Gasteiger partial charge is 0.463 e. The van der Waals surface area contributed by atoms with Crippen LogP contribution in [0.1, 0.15) is 0 Å². The maximum absolute atomic E-state index is 11.1. The highest BCUT2D eigenvalue weighted by atomic mass is 127. The number of rotatable bonds is 0. The third kappa shape index (κ3) is 7.88. The fourth-order valence-electron chi connectivity index (χ4n) is 0.400. The molecule has 0 fully saturated rings. The molecule has 0 aromatic rings. The first kappa shape index (κ1) is 18.0. The van der Waals surface area contributed by atoms with Crippen LogP contribution in [0.4, 0.5) is 22.0 Å². The van der Waals surface area contributed by atoms with Gasteiger partial charge < -0.3 is 9.80 Å². The van der Waals surface area contributed by atoms with Gasteiger partial charge in [-0.1, -0.05) is 0 Å². The molecule has 0 aliphatic carbocycles. The predicted octanol–water partition coefficient (Wildman–Crippen LogP) is 2.62. The van der Waals surface area contributed by atoms with Gasteiger partial charge in [-0.3, -0.25) is 5.41 Å². The van der Waals surface area contributed by atoms with E-state index in [9.17, 15) is 22.0 Å². The minimum Gasteiger partial charge on any atom is -0.349 e. The van der Waals surface area contributed by atoms with Crippen LogP contribution < -0.4 is 0 Å². The van der Waals surface area contributed by atoms with Crippen LogP contribution >= 0.6 is 22.6 Å². The molecule has 0 aromatic carbocycles. The van der Waals surface area contributed by atoms with Crippen molar-refractivity contribution in [3.63, 3.8) is 0 Å². The lowest BCUT2D eigenvalue weighted by Crippen LogP contribution is -2.34. The van der Waals surface area contributed by atoms with Crippen molar-refractivity contribution in [2.75, 3.05) is 28.2 Å². The maximum Gasteiger partial charge on any atom is 0.463 e. The van der Waals surface area contributed by atoms with E-state index in [1.807, 2.05) is 28.2 Å². The van der Waals surface area contributed by atoms with E-state index in [-0.39, 0.29) is 22.6 Å². The Kier molecular flexibility index (Phi) is 7.21. The van der Waals surface area contributed by atoms with Crippen LogP contribution in [0.5, 0.6) is 0 Å². The number of halogens is 6. The zero-order valence-electron chi connectivity index (χ0n) is 9.16. The van der Waals surface area contributed by atoms with Gasteiger partial charge in [0.05, 0.1) is 0 Å². The van der Waals surface area contributed by atoms with E-state index >= 15 is 0 Å². The van der Waals surface area contributed by atoms with Crippen molar-refractivity contribution < 1.29 is 22.0 Å². The molecule has 0 atom stereocenters. The fraction of sp³-hybridized carbons (Fsp3) is 0.857. The van der Waals surface area contributed by atoms with Crippen molar-refractivity contribution >= 4 is 28.6 Å². The smallest absolute Gasteiger partial charge is 0.349 e. The second kappa shape index (κ2) is 6.40. The summed E-state index contributed by atoms with van der Waals surface area (Å²) in [6.07, 6.45) is -5.41. The number of nitrogens with one attached hydrogen (secondary N) is 1. The molecule has 9 heteroatoms. The van der Waals surface area contributed by atoms with Gasteiger partial charge in [0.25, 0.3) is 0 Å². The summed E-state index contributed by atoms with van der Waals surface area (Å²) in [4.78, 5) is 3.50. The van der Waals surface area contributed by atoms with Crippen LogP contribution in [0.3, 0.4) is 0 Å². The van der Waals surface area contributed by atoms with Crippen molar-refractivity contribution in [3.8, 4) is 0 Å². The summed E-state index contributed by atoms with van der Waals surface area (Å²) in [7, 11) is 7.40. The third-order valence-electron chi connectivity index (χ3n) is 1.17. The standard InChI is InChI=1S/C5H13N3.C2F5I/c1-7(2)5(6)8(3)4;3-1(4,5)2(6,7)8/h6H,1-4H3;. The van der Waals surface area contributed by atoms with Gasteiger partial charge in [-0.15, -0.1) is 0 Å². The summed E-state index contributed by atoms with van der Waals surface area (Å²) in [6.45, 7) is 0. The van der Waals surface area contributed by atoms with E-state index in [4.69, 9.17) is 5.41 Å². The molecule has 1 N–H and O–H groups in total. The summed E-state index contributed by atoms with van der Waals surface area (Å²) in [6, 6.07) is 0. The Bertz CT molecular complexity index is 199. The Morgan fingerprint density at radius 2 is 1.12 bits per heavy atom. The Hall–Kier alpha value is -0.350. The normalized spacial score (nSPS) is 11.4. The van der Waals surface area contributed by atoms with E-state index in [0.717, 1.165) is 0 Å². The molecule has 0 radical (unpaired) electrons. The van der Waals surface area contributed by atoms with Gasteiger partial charge in [-0.2, -0.15) is 22.0 Å². The molecule has 0 bridgehead atoms. The van der Waals surface area contributed by atoms with Crippen LogP contribution in [0, 0.1) is 5.41 Å². The Morgan fingerprint density at radius 1 is 0.938 bits per heavy atom. The zero-order chi connectivity index (χ0) is 13.7. The molecule has 0 aliphatic heterocycles. The van der Waals surface area contributed by atoms with Crippen LogP contribution in [0.15, 0.2) is 0 Å². The molecule has 0 rings (SSSR count). The highest BCUT2D eigenvalue weighted by Gasteiger charge is 2.55. The minimum atomic E-state index is -5.41. The van der Waals surface area contributed by atoms with E-state index in [2.05, 4.69) is 0 Å². The monoisotopic (exact) mass is 361 g/mol.